The summed E-state index contributed by atoms with van der Waals surface area (Å²) in [5.41, 5.74) is 3.04. The molecule has 1 heterocycles. The van der Waals surface area contributed by atoms with Crippen LogP contribution in [-0.4, -0.2) is 73.4 Å². The van der Waals surface area contributed by atoms with Crippen LogP contribution in [0.2, 0.25) is 36.3 Å². The highest BCUT2D eigenvalue weighted by Gasteiger charge is 2.53. The van der Waals surface area contributed by atoms with Crippen molar-refractivity contribution in [2.45, 2.75) is 142 Å². The lowest BCUT2D eigenvalue weighted by Gasteiger charge is -2.42. The van der Waals surface area contributed by atoms with Crippen molar-refractivity contribution < 1.29 is 42.1 Å². The van der Waals surface area contributed by atoms with Gasteiger partial charge in [-0.2, -0.15) is 0 Å². The second kappa shape index (κ2) is 18.1. The highest BCUT2D eigenvalue weighted by atomic mass is 28.4. The second-order valence-corrected chi connectivity index (χ2v) is 27.5. The van der Waals surface area contributed by atoms with Gasteiger partial charge < -0.3 is 37.3 Å². The molecule has 4 atom stereocenters. The molecule has 1 aliphatic heterocycles. The molecule has 0 aromatic heterocycles. The van der Waals surface area contributed by atoms with E-state index in [1.807, 2.05) is 80.6 Å². The topological polar surface area (TPSA) is 90.9 Å². The maximum Gasteiger partial charge on any atom is 0.198 e. The van der Waals surface area contributed by atoms with Crippen LogP contribution in [0.25, 0.3) is 0 Å². The van der Waals surface area contributed by atoms with Gasteiger partial charge in [0, 0.05) is 6.07 Å². The quantitative estimate of drug-likeness (QED) is 0.0922. The van der Waals surface area contributed by atoms with Crippen molar-refractivity contribution in [3.05, 3.63) is 95.1 Å². The minimum absolute atomic E-state index is 0.0390. The Morgan fingerprint density at radius 2 is 1.33 bits per heavy atom. The van der Waals surface area contributed by atoms with Crippen molar-refractivity contribution in [1.29, 1.82) is 0 Å². The fourth-order valence-electron chi connectivity index (χ4n) is 5.97. The predicted molar refractivity (Wildman–Crippen MR) is 223 cm³/mol. The van der Waals surface area contributed by atoms with E-state index in [1.54, 1.807) is 20.3 Å². The van der Waals surface area contributed by atoms with E-state index in [0.29, 0.717) is 29.2 Å². The number of ketones is 1. The van der Waals surface area contributed by atoms with Gasteiger partial charge >= 0.3 is 0 Å². The van der Waals surface area contributed by atoms with Crippen molar-refractivity contribution in [3.63, 3.8) is 0 Å². The van der Waals surface area contributed by atoms with Gasteiger partial charge in [0.1, 0.15) is 23.7 Å². The van der Waals surface area contributed by atoms with E-state index in [-0.39, 0.29) is 35.7 Å². The fraction of sp³-hybridized carbons (Fsp3) is 0.568. The number of Topliss-reactive ketones (excluding diaryl/α,β-unsaturated/α-hetero) is 1. The van der Waals surface area contributed by atoms with Crippen molar-refractivity contribution >= 4 is 22.4 Å². The number of hydrogen-bond donors (Lipinski definition) is 0. The Morgan fingerprint density at radius 3 is 1.85 bits per heavy atom. The zero-order valence-corrected chi connectivity index (χ0v) is 37.7. The second-order valence-electron chi connectivity index (χ2n) is 18.0. The van der Waals surface area contributed by atoms with Crippen molar-refractivity contribution in [2.24, 2.45) is 0 Å². The largest absolute Gasteiger partial charge is 0.497 e. The monoisotopic (exact) mass is 794 g/mol. The Kier molecular flexibility index (Phi) is 14.8. The molecule has 0 unspecified atom stereocenters. The predicted octanol–water partition coefficient (Wildman–Crippen LogP) is 10.1. The van der Waals surface area contributed by atoms with Gasteiger partial charge in [-0.3, -0.25) is 4.79 Å². The van der Waals surface area contributed by atoms with E-state index in [1.165, 1.54) is 0 Å². The molecule has 3 aromatic rings. The third-order valence-corrected chi connectivity index (χ3v) is 20.2. The Labute approximate surface area is 332 Å². The van der Waals surface area contributed by atoms with Crippen LogP contribution in [0.15, 0.2) is 72.8 Å². The van der Waals surface area contributed by atoms with Crippen LogP contribution >= 0.6 is 0 Å². The molecule has 55 heavy (non-hydrogen) atoms. The average molecular weight is 795 g/mol. The summed E-state index contributed by atoms with van der Waals surface area (Å²) in [6, 6.07) is 23.6. The molecule has 1 fully saturated rings. The van der Waals surface area contributed by atoms with E-state index in [2.05, 4.69) is 67.7 Å². The molecule has 0 amide bonds. The van der Waals surface area contributed by atoms with Crippen molar-refractivity contribution in [2.75, 3.05) is 20.8 Å². The summed E-state index contributed by atoms with van der Waals surface area (Å²) in [6.07, 6.45) is -3.33. The first-order chi connectivity index (χ1) is 25.6. The van der Waals surface area contributed by atoms with E-state index >= 15 is 4.79 Å². The number of rotatable bonds is 18. The lowest BCUT2D eigenvalue weighted by molar-refractivity contribution is -0.175. The third-order valence-electron chi connectivity index (χ3n) is 11.3. The van der Waals surface area contributed by atoms with Crippen LogP contribution in [0.1, 0.15) is 82.4 Å². The third kappa shape index (κ3) is 11.6. The van der Waals surface area contributed by atoms with Gasteiger partial charge in [0.05, 0.1) is 52.3 Å². The Hall–Kier alpha value is -2.88. The summed E-state index contributed by atoms with van der Waals surface area (Å²) in [5, 5.41) is -0.158. The van der Waals surface area contributed by atoms with E-state index < -0.39 is 46.8 Å². The Bertz CT molecular complexity index is 1680. The molecule has 3 aromatic carbocycles. The maximum atomic E-state index is 15.2. The first-order valence-corrected chi connectivity index (χ1v) is 25.1. The van der Waals surface area contributed by atoms with Crippen LogP contribution in [-0.2, 0) is 47.6 Å². The maximum absolute atomic E-state index is 15.2. The minimum Gasteiger partial charge on any atom is -0.497 e. The van der Waals surface area contributed by atoms with Crippen molar-refractivity contribution in [1.82, 2.24) is 0 Å². The van der Waals surface area contributed by atoms with Gasteiger partial charge in [-0.15, -0.1) is 0 Å². The van der Waals surface area contributed by atoms with E-state index in [4.69, 9.17) is 37.3 Å². The number of ether oxygens (including phenoxy) is 6. The number of carbonyl (C=O) groups excluding carboxylic acids is 1. The summed E-state index contributed by atoms with van der Waals surface area (Å²) in [7, 11) is -1.50. The molecule has 0 bridgehead atoms. The SMILES string of the molecule is COc1cc(CO[Si](C)(C)C(C)(C)C)c(C(=O)[C@H]2OC(C)(C)O[C@@H]2[C@H](OCc2ccccc2)[C@@H](COCc2ccccc2)O[Si](C)(C)C(C)(C)C)c(OC)c1. The van der Waals surface area contributed by atoms with Gasteiger partial charge in [0.25, 0.3) is 0 Å². The summed E-state index contributed by atoms with van der Waals surface area (Å²) >= 11 is 0. The molecule has 0 aliphatic carbocycles. The number of hydrogen-bond acceptors (Lipinski definition) is 9. The molecule has 0 saturated carbocycles. The molecular formula is C44H66O9Si2. The van der Waals surface area contributed by atoms with Crippen LogP contribution in [0.3, 0.4) is 0 Å². The van der Waals surface area contributed by atoms with Gasteiger partial charge in [-0.1, -0.05) is 102 Å². The number of methoxy groups -OCH3 is 2. The van der Waals surface area contributed by atoms with Crippen LogP contribution < -0.4 is 9.47 Å². The molecule has 0 N–H and O–H groups in total. The van der Waals surface area contributed by atoms with Gasteiger partial charge in [0.15, 0.2) is 34.3 Å². The molecule has 4 rings (SSSR count). The van der Waals surface area contributed by atoms with Crippen LogP contribution in [0.5, 0.6) is 11.5 Å². The first kappa shape index (κ1) is 44.8. The highest BCUT2D eigenvalue weighted by molar-refractivity contribution is 6.74. The summed E-state index contributed by atoms with van der Waals surface area (Å²) < 4.78 is 52.1. The zero-order chi connectivity index (χ0) is 40.8. The zero-order valence-electron chi connectivity index (χ0n) is 35.7. The van der Waals surface area contributed by atoms with Crippen LogP contribution in [0, 0.1) is 0 Å². The minimum atomic E-state index is -2.43. The molecule has 0 radical (unpaired) electrons. The molecular weight excluding hydrogens is 729 g/mol. The first-order valence-electron chi connectivity index (χ1n) is 19.3. The van der Waals surface area contributed by atoms with E-state index in [9.17, 15) is 0 Å². The van der Waals surface area contributed by atoms with Crippen LogP contribution in [0.4, 0.5) is 0 Å². The normalized spacial score (nSPS) is 18.9. The summed E-state index contributed by atoms with van der Waals surface area (Å²) in [4.78, 5) is 15.2. The number of benzene rings is 3. The Morgan fingerprint density at radius 1 is 0.764 bits per heavy atom. The smallest absolute Gasteiger partial charge is 0.198 e. The van der Waals surface area contributed by atoms with Crippen molar-refractivity contribution in [3.8, 4) is 11.5 Å². The molecule has 1 saturated heterocycles. The lowest BCUT2D eigenvalue weighted by Crippen LogP contribution is -2.55. The molecule has 304 valence electrons. The highest BCUT2D eigenvalue weighted by Crippen LogP contribution is 2.43. The summed E-state index contributed by atoms with van der Waals surface area (Å²) in [6.45, 7) is 26.7. The molecule has 9 nitrogen and oxygen atoms in total. The average Bonchev–Trinajstić information content (AvgIpc) is 3.44. The van der Waals surface area contributed by atoms with E-state index in [0.717, 1.165) is 11.1 Å². The van der Waals surface area contributed by atoms with Gasteiger partial charge in [0.2, 0.25) is 0 Å². The lowest BCUT2D eigenvalue weighted by atomic mass is 9.93. The number of carbonyl (C=O) groups is 1. The van der Waals surface area contributed by atoms with Gasteiger partial charge in [-0.05, 0) is 72.9 Å². The summed E-state index contributed by atoms with van der Waals surface area (Å²) in [5.74, 6) is -0.491. The standard InChI is InChI=1S/C44H66O9Si2/c1-42(2,3)54(11,12)50-29-33-25-34(46-9)26-35(47-10)37(33)38(45)40-41(52-44(7,8)51-40)39(49-28-32-23-19-16-20-24-32)36(53-55(13,14)43(4,5)6)30-48-27-31-21-17-15-18-22-31/h15-26,36,39-41H,27-30H2,1-14H3/t36-,39-,40-,41-/m1/s1. The molecule has 0 spiro atoms. The Balaban J connectivity index is 1.82. The molecule has 1 aliphatic rings. The fourth-order valence-corrected chi connectivity index (χ4v) is 8.23. The van der Waals surface area contributed by atoms with Gasteiger partial charge in [-0.25, -0.2) is 0 Å². The molecule has 11 heteroatoms.